The average molecular weight is 412 g/mol. The third-order valence-corrected chi connectivity index (χ3v) is 6.14. The molecule has 0 spiro atoms. The van der Waals surface area contributed by atoms with Gasteiger partial charge >= 0.3 is 0 Å². The molecule has 2 heterocycles. The van der Waals surface area contributed by atoms with Crippen molar-refractivity contribution in [1.82, 2.24) is 4.98 Å². The summed E-state index contributed by atoms with van der Waals surface area (Å²) in [6, 6.07) is 13.2. The van der Waals surface area contributed by atoms with Gasteiger partial charge in [0.1, 0.15) is 5.58 Å². The number of rotatable bonds is 5. The van der Waals surface area contributed by atoms with Gasteiger partial charge in [-0.2, -0.15) is 11.3 Å². The molecule has 4 aromatic rings. The molecule has 2 aromatic carbocycles. The topological polar surface area (TPSA) is 103 Å². The van der Waals surface area contributed by atoms with E-state index in [0.717, 1.165) is 22.3 Å². The largest absolute Gasteiger partial charge is 0.451 e. The van der Waals surface area contributed by atoms with Gasteiger partial charge in [0.05, 0.1) is 4.90 Å². The molecule has 0 radical (unpaired) electrons. The zero-order valence-corrected chi connectivity index (χ0v) is 16.3. The lowest BCUT2D eigenvalue weighted by Crippen LogP contribution is -2.12. The van der Waals surface area contributed by atoms with Gasteiger partial charge in [-0.05, 0) is 42.6 Å². The first kappa shape index (κ1) is 18.2. The van der Waals surface area contributed by atoms with Crippen molar-refractivity contribution < 1.29 is 17.6 Å². The zero-order valence-electron chi connectivity index (χ0n) is 14.6. The van der Waals surface area contributed by atoms with E-state index in [1.807, 2.05) is 25.1 Å². The van der Waals surface area contributed by atoms with Crippen LogP contribution in [0, 0.1) is 6.92 Å². The van der Waals surface area contributed by atoms with Gasteiger partial charge in [-0.1, -0.05) is 24.4 Å². The summed E-state index contributed by atoms with van der Waals surface area (Å²) in [4.78, 5) is 16.4. The second kappa shape index (κ2) is 7.10. The fourth-order valence-electron chi connectivity index (χ4n) is 2.71. The van der Waals surface area contributed by atoms with E-state index in [1.54, 1.807) is 11.4 Å². The molecule has 1 N–H and O–H groups in total. The van der Waals surface area contributed by atoms with E-state index < -0.39 is 15.9 Å². The number of hydrogen-bond donors (Lipinski definition) is 1. The number of nitrogens with zero attached hydrogens (tertiary/aromatic N) is 2. The van der Waals surface area contributed by atoms with Crippen LogP contribution in [0.5, 0.6) is 0 Å². The molecular formula is C19H14N3O4S2-. The number of thiazole rings is 1. The van der Waals surface area contributed by atoms with Crippen LogP contribution in [0.1, 0.15) is 16.1 Å². The number of aryl methyl sites for hydroxylation is 1. The second-order valence-corrected chi connectivity index (χ2v) is 8.39. The molecular weight excluding hydrogens is 398 g/mol. The molecule has 1 amide bonds. The number of carbonyl (C=O) groups excluding carboxylic acids is 1. The maximum Gasteiger partial charge on any atom is 0.291 e. The predicted molar refractivity (Wildman–Crippen MR) is 108 cm³/mol. The number of hydrogen-bond acceptors (Lipinski definition) is 6. The van der Waals surface area contributed by atoms with Crippen LogP contribution in [0.2, 0.25) is 0 Å². The van der Waals surface area contributed by atoms with E-state index in [2.05, 4.69) is 15.0 Å². The molecule has 0 unspecified atom stereocenters. The highest BCUT2D eigenvalue weighted by Crippen LogP contribution is 2.30. The van der Waals surface area contributed by atoms with Crippen LogP contribution < -0.4 is 5.32 Å². The van der Waals surface area contributed by atoms with Gasteiger partial charge in [0.15, 0.2) is 5.76 Å². The summed E-state index contributed by atoms with van der Waals surface area (Å²) in [6.07, 6.45) is 1.48. The summed E-state index contributed by atoms with van der Waals surface area (Å²) in [5.41, 5.74) is 1.82. The van der Waals surface area contributed by atoms with E-state index in [1.165, 1.54) is 30.5 Å². The van der Waals surface area contributed by atoms with Gasteiger partial charge in [-0.15, -0.1) is 0 Å². The first-order valence-corrected chi connectivity index (χ1v) is 10.5. The van der Waals surface area contributed by atoms with Crippen molar-refractivity contribution >= 4 is 49.1 Å². The van der Waals surface area contributed by atoms with Crippen LogP contribution >= 0.6 is 11.3 Å². The molecule has 9 heteroatoms. The summed E-state index contributed by atoms with van der Waals surface area (Å²) >= 11 is 1.13. The number of sulfonamides is 1. The van der Waals surface area contributed by atoms with Crippen molar-refractivity contribution in [3.05, 3.63) is 76.2 Å². The Hall–Kier alpha value is -3.17. The molecule has 28 heavy (non-hydrogen) atoms. The number of furan rings is 1. The molecule has 0 saturated heterocycles. The maximum atomic E-state index is 12.5. The Bertz CT molecular complexity index is 1240. The summed E-state index contributed by atoms with van der Waals surface area (Å²) in [6.45, 7) is 1.82. The molecule has 0 aliphatic rings. The number of nitrogens with one attached hydrogen (secondary N) is 1. The lowest BCUT2D eigenvalue weighted by molar-refractivity contribution is 0.0998. The Morgan fingerprint density at radius 2 is 1.89 bits per heavy atom. The first-order valence-electron chi connectivity index (χ1n) is 8.21. The molecule has 0 fully saturated rings. The van der Waals surface area contributed by atoms with E-state index in [9.17, 15) is 13.2 Å². The fourth-order valence-corrected chi connectivity index (χ4v) is 4.38. The SMILES string of the molecule is Cc1c(C(=O)Nc2ccc(S(=O)(=O)[N-]c3nccs3)cc2)oc2ccccc12. The summed E-state index contributed by atoms with van der Waals surface area (Å²) in [5.74, 6) is -0.187. The molecule has 7 nitrogen and oxygen atoms in total. The lowest BCUT2D eigenvalue weighted by Gasteiger charge is -2.12. The number of carbonyl (C=O) groups is 1. The van der Waals surface area contributed by atoms with Gasteiger partial charge in [0.2, 0.25) is 10.0 Å². The highest BCUT2D eigenvalue weighted by atomic mass is 32.2. The smallest absolute Gasteiger partial charge is 0.291 e. The maximum absolute atomic E-state index is 12.5. The number of aromatic nitrogens is 1. The van der Waals surface area contributed by atoms with Crippen LogP contribution in [0.4, 0.5) is 10.8 Å². The zero-order chi connectivity index (χ0) is 19.7. The summed E-state index contributed by atoms with van der Waals surface area (Å²) in [7, 11) is -3.86. The Morgan fingerprint density at radius 3 is 2.57 bits per heavy atom. The third kappa shape index (κ3) is 3.49. The molecule has 142 valence electrons. The quantitative estimate of drug-likeness (QED) is 0.505. The minimum absolute atomic E-state index is 0.0145. The first-order chi connectivity index (χ1) is 13.4. The molecule has 0 aliphatic heterocycles. The van der Waals surface area contributed by atoms with E-state index in [4.69, 9.17) is 4.42 Å². The van der Waals surface area contributed by atoms with Crippen molar-refractivity contribution in [1.29, 1.82) is 0 Å². The van der Waals surface area contributed by atoms with Crippen LogP contribution in [0.15, 0.2) is 69.4 Å². The number of fused-ring (bicyclic) bond motifs is 1. The van der Waals surface area contributed by atoms with Gasteiger partial charge < -0.3 is 19.4 Å². The van der Waals surface area contributed by atoms with E-state index in [0.29, 0.717) is 11.3 Å². The minimum Gasteiger partial charge on any atom is -0.451 e. The lowest BCUT2D eigenvalue weighted by atomic mass is 10.1. The molecule has 0 bridgehead atoms. The Balaban J connectivity index is 1.52. The van der Waals surface area contributed by atoms with Gasteiger partial charge in [0.25, 0.3) is 5.91 Å². The third-order valence-electron chi connectivity index (χ3n) is 4.08. The highest BCUT2D eigenvalue weighted by Gasteiger charge is 2.18. The van der Waals surface area contributed by atoms with Crippen molar-refractivity contribution in [2.75, 3.05) is 5.32 Å². The number of anilines is 1. The second-order valence-electron chi connectivity index (χ2n) is 5.91. The van der Waals surface area contributed by atoms with Crippen molar-refractivity contribution in [2.24, 2.45) is 0 Å². The predicted octanol–water partition coefficient (Wildman–Crippen LogP) is 4.84. The number of amides is 1. The summed E-state index contributed by atoms with van der Waals surface area (Å²) in [5, 5.41) is 5.40. The molecule has 2 aromatic heterocycles. The van der Waals surface area contributed by atoms with Crippen molar-refractivity contribution in [3.8, 4) is 0 Å². The normalized spacial score (nSPS) is 11.5. The van der Waals surface area contributed by atoms with E-state index in [-0.39, 0.29) is 15.8 Å². The number of benzene rings is 2. The highest BCUT2D eigenvalue weighted by molar-refractivity contribution is 7.94. The standard InChI is InChI=1S/C19H15N3O4S2/c1-12-15-4-2-3-5-16(15)26-17(12)18(23)21-13-6-8-14(9-7-13)28(24,25)22-19-20-10-11-27-19/h2-11H,1H3,(H2,20,21,22,23)/p-1. The Labute approximate surface area is 165 Å². The molecule has 0 saturated carbocycles. The van der Waals surface area contributed by atoms with Crippen LogP contribution in [-0.2, 0) is 10.0 Å². The van der Waals surface area contributed by atoms with Crippen molar-refractivity contribution in [2.45, 2.75) is 11.8 Å². The number of para-hydroxylation sites is 1. The van der Waals surface area contributed by atoms with Crippen molar-refractivity contribution in [3.63, 3.8) is 0 Å². The minimum atomic E-state index is -3.86. The molecule has 0 atom stereocenters. The fraction of sp³-hybridized carbons (Fsp3) is 0.0526. The average Bonchev–Trinajstić information content (AvgIpc) is 3.30. The van der Waals surface area contributed by atoms with Gasteiger partial charge in [-0.3, -0.25) is 4.79 Å². The Kier molecular flexibility index (Phi) is 4.62. The van der Waals surface area contributed by atoms with Crippen LogP contribution in [0.3, 0.4) is 0 Å². The molecule has 4 rings (SSSR count). The van der Waals surface area contributed by atoms with Gasteiger partial charge in [0, 0.05) is 21.8 Å². The van der Waals surface area contributed by atoms with Crippen LogP contribution in [-0.4, -0.2) is 19.3 Å². The monoisotopic (exact) mass is 412 g/mol. The summed E-state index contributed by atoms with van der Waals surface area (Å²) < 4.78 is 33.9. The van der Waals surface area contributed by atoms with Gasteiger partial charge in [-0.25, -0.2) is 8.42 Å². The van der Waals surface area contributed by atoms with E-state index >= 15 is 0 Å². The molecule has 0 aliphatic carbocycles. The van der Waals surface area contributed by atoms with Crippen LogP contribution in [0.25, 0.3) is 15.7 Å². The Morgan fingerprint density at radius 1 is 1.14 bits per heavy atom.